The second-order valence-electron chi connectivity index (χ2n) is 5.26. The molecule has 1 unspecified atom stereocenters. The van der Waals surface area contributed by atoms with E-state index in [-0.39, 0.29) is 0 Å². The molecule has 1 heterocycles. The van der Waals surface area contributed by atoms with Crippen molar-refractivity contribution in [1.29, 1.82) is 0 Å². The highest BCUT2D eigenvalue weighted by Crippen LogP contribution is 2.23. The van der Waals surface area contributed by atoms with Crippen LogP contribution in [0.1, 0.15) is 40.5 Å². The summed E-state index contributed by atoms with van der Waals surface area (Å²) in [5, 5.41) is 3.48. The maximum Gasteiger partial charge on any atom is 0.0317 e. The minimum atomic E-state index is 0.417. The van der Waals surface area contributed by atoms with Gasteiger partial charge in [0.25, 0.3) is 0 Å². The quantitative estimate of drug-likeness (QED) is 0.728. The van der Waals surface area contributed by atoms with Gasteiger partial charge in [-0.25, -0.2) is 0 Å². The second-order valence-corrected chi connectivity index (χ2v) is 5.26. The van der Waals surface area contributed by atoms with Crippen LogP contribution in [0, 0.1) is 5.92 Å². The lowest BCUT2D eigenvalue weighted by Crippen LogP contribution is -2.49. The molecule has 1 saturated heterocycles. The van der Waals surface area contributed by atoms with Gasteiger partial charge in [-0.05, 0) is 38.8 Å². The van der Waals surface area contributed by atoms with Gasteiger partial charge in [0, 0.05) is 18.6 Å². The van der Waals surface area contributed by atoms with E-state index in [9.17, 15) is 0 Å². The van der Waals surface area contributed by atoms with Crippen LogP contribution in [0.3, 0.4) is 0 Å². The predicted octanol–water partition coefficient (Wildman–Crippen LogP) is 2.11. The van der Waals surface area contributed by atoms with E-state index < -0.39 is 0 Å². The van der Waals surface area contributed by atoms with Crippen molar-refractivity contribution in [1.82, 2.24) is 10.2 Å². The monoisotopic (exact) mass is 198 g/mol. The molecule has 0 aliphatic carbocycles. The number of hydrogen-bond donors (Lipinski definition) is 1. The standard InChI is InChI=1S/C12H26N2/c1-5-8-14(9-11(2)3)12(4)6-7-13-10-12/h11,13H,5-10H2,1-4H3. The Labute approximate surface area is 89.1 Å². The van der Waals surface area contributed by atoms with E-state index >= 15 is 0 Å². The number of nitrogens with one attached hydrogen (secondary N) is 1. The minimum Gasteiger partial charge on any atom is -0.315 e. The van der Waals surface area contributed by atoms with Crippen molar-refractivity contribution in [2.75, 3.05) is 26.2 Å². The number of hydrogen-bond acceptors (Lipinski definition) is 2. The van der Waals surface area contributed by atoms with Crippen LogP contribution < -0.4 is 5.32 Å². The zero-order valence-corrected chi connectivity index (χ0v) is 10.3. The van der Waals surface area contributed by atoms with Crippen molar-refractivity contribution in [2.24, 2.45) is 5.92 Å². The van der Waals surface area contributed by atoms with E-state index in [0.717, 1.165) is 5.92 Å². The van der Waals surface area contributed by atoms with Crippen molar-refractivity contribution in [3.63, 3.8) is 0 Å². The Kier molecular flexibility index (Phi) is 4.39. The van der Waals surface area contributed by atoms with Crippen LogP contribution in [0.15, 0.2) is 0 Å². The van der Waals surface area contributed by atoms with E-state index in [0.29, 0.717) is 5.54 Å². The van der Waals surface area contributed by atoms with Gasteiger partial charge in [-0.2, -0.15) is 0 Å². The van der Waals surface area contributed by atoms with Gasteiger partial charge in [-0.3, -0.25) is 4.90 Å². The van der Waals surface area contributed by atoms with Crippen molar-refractivity contribution >= 4 is 0 Å². The molecule has 0 aromatic rings. The summed E-state index contributed by atoms with van der Waals surface area (Å²) in [6, 6.07) is 0. The first kappa shape index (κ1) is 12.0. The van der Waals surface area contributed by atoms with Crippen LogP contribution in [-0.2, 0) is 0 Å². The molecule has 0 amide bonds. The Morgan fingerprint density at radius 3 is 2.57 bits per heavy atom. The lowest BCUT2D eigenvalue weighted by Gasteiger charge is -2.39. The summed E-state index contributed by atoms with van der Waals surface area (Å²) >= 11 is 0. The average molecular weight is 198 g/mol. The smallest absolute Gasteiger partial charge is 0.0317 e. The van der Waals surface area contributed by atoms with Gasteiger partial charge in [-0.1, -0.05) is 20.8 Å². The Bertz CT molecular complexity index is 160. The second kappa shape index (κ2) is 5.13. The van der Waals surface area contributed by atoms with Crippen molar-refractivity contribution in [3.8, 4) is 0 Å². The topological polar surface area (TPSA) is 15.3 Å². The van der Waals surface area contributed by atoms with Gasteiger partial charge in [0.1, 0.15) is 0 Å². The fourth-order valence-electron chi connectivity index (χ4n) is 2.37. The highest BCUT2D eigenvalue weighted by atomic mass is 15.2. The summed E-state index contributed by atoms with van der Waals surface area (Å²) in [6.07, 6.45) is 2.57. The molecule has 2 heteroatoms. The molecule has 0 saturated carbocycles. The summed E-state index contributed by atoms with van der Waals surface area (Å²) < 4.78 is 0. The zero-order valence-electron chi connectivity index (χ0n) is 10.3. The van der Waals surface area contributed by atoms with Crippen LogP contribution in [0.5, 0.6) is 0 Å². The Balaban J connectivity index is 2.55. The summed E-state index contributed by atoms with van der Waals surface area (Å²) in [5.41, 5.74) is 0.417. The Hall–Kier alpha value is -0.0800. The summed E-state index contributed by atoms with van der Waals surface area (Å²) in [4.78, 5) is 2.68. The van der Waals surface area contributed by atoms with E-state index in [2.05, 4.69) is 37.9 Å². The maximum atomic E-state index is 3.48. The van der Waals surface area contributed by atoms with E-state index in [1.165, 1.54) is 39.0 Å². The predicted molar refractivity (Wildman–Crippen MR) is 62.6 cm³/mol. The molecule has 14 heavy (non-hydrogen) atoms. The van der Waals surface area contributed by atoms with Crippen molar-refractivity contribution < 1.29 is 0 Å². The number of nitrogens with zero attached hydrogens (tertiary/aromatic N) is 1. The van der Waals surface area contributed by atoms with E-state index in [1.807, 2.05) is 0 Å². The molecule has 84 valence electrons. The molecule has 0 radical (unpaired) electrons. The molecule has 0 aromatic heterocycles. The molecule has 0 aromatic carbocycles. The van der Waals surface area contributed by atoms with Gasteiger partial charge in [0.2, 0.25) is 0 Å². The Morgan fingerprint density at radius 2 is 2.14 bits per heavy atom. The molecule has 1 atom stereocenters. The highest BCUT2D eigenvalue weighted by molar-refractivity contribution is 4.93. The van der Waals surface area contributed by atoms with Gasteiger partial charge in [0.05, 0.1) is 0 Å². The summed E-state index contributed by atoms with van der Waals surface area (Å²) in [5.74, 6) is 0.777. The van der Waals surface area contributed by atoms with Gasteiger partial charge < -0.3 is 5.32 Å². The largest absolute Gasteiger partial charge is 0.315 e. The van der Waals surface area contributed by atoms with Crippen molar-refractivity contribution in [3.05, 3.63) is 0 Å². The lowest BCUT2D eigenvalue weighted by atomic mass is 9.97. The minimum absolute atomic E-state index is 0.417. The lowest BCUT2D eigenvalue weighted by molar-refractivity contribution is 0.105. The van der Waals surface area contributed by atoms with E-state index in [4.69, 9.17) is 0 Å². The number of rotatable bonds is 5. The zero-order chi connectivity index (χ0) is 10.6. The first-order valence-corrected chi connectivity index (χ1v) is 6.04. The van der Waals surface area contributed by atoms with Gasteiger partial charge >= 0.3 is 0 Å². The van der Waals surface area contributed by atoms with Crippen LogP contribution in [-0.4, -0.2) is 36.6 Å². The fourth-order valence-corrected chi connectivity index (χ4v) is 2.37. The van der Waals surface area contributed by atoms with Crippen LogP contribution in [0.2, 0.25) is 0 Å². The maximum absolute atomic E-state index is 3.48. The first-order chi connectivity index (χ1) is 6.58. The van der Waals surface area contributed by atoms with Gasteiger partial charge in [-0.15, -0.1) is 0 Å². The molecule has 1 fully saturated rings. The first-order valence-electron chi connectivity index (χ1n) is 6.04. The molecular formula is C12H26N2. The molecular weight excluding hydrogens is 172 g/mol. The third-order valence-electron chi connectivity index (χ3n) is 3.19. The molecule has 1 aliphatic rings. The average Bonchev–Trinajstić information content (AvgIpc) is 2.52. The molecule has 1 N–H and O–H groups in total. The van der Waals surface area contributed by atoms with Gasteiger partial charge in [0.15, 0.2) is 0 Å². The normalized spacial score (nSPS) is 27.9. The van der Waals surface area contributed by atoms with Crippen LogP contribution in [0.25, 0.3) is 0 Å². The third kappa shape index (κ3) is 2.96. The van der Waals surface area contributed by atoms with E-state index in [1.54, 1.807) is 0 Å². The Morgan fingerprint density at radius 1 is 1.43 bits per heavy atom. The molecule has 1 aliphatic heterocycles. The van der Waals surface area contributed by atoms with Crippen LogP contribution in [0.4, 0.5) is 0 Å². The summed E-state index contributed by atoms with van der Waals surface area (Å²) in [7, 11) is 0. The SMILES string of the molecule is CCCN(CC(C)C)C1(C)CCNC1. The highest BCUT2D eigenvalue weighted by Gasteiger charge is 2.34. The fraction of sp³-hybridized carbons (Fsp3) is 1.00. The van der Waals surface area contributed by atoms with Crippen molar-refractivity contribution in [2.45, 2.75) is 46.1 Å². The molecule has 2 nitrogen and oxygen atoms in total. The summed E-state index contributed by atoms with van der Waals surface area (Å²) in [6.45, 7) is 14.2. The molecule has 0 spiro atoms. The molecule has 0 bridgehead atoms. The third-order valence-corrected chi connectivity index (χ3v) is 3.19. The van der Waals surface area contributed by atoms with Crippen LogP contribution >= 0.6 is 0 Å². The molecule has 1 rings (SSSR count).